The van der Waals surface area contributed by atoms with Crippen LogP contribution in [0.1, 0.15) is 25.3 Å². The molecule has 0 saturated carbocycles. The largest absolute Gasteiger partial charge is 0.447 e. The number of sulfonamides is 1. The molecule has 0 aromatic heterocycles. The fraction of sp³-hybridized carbons (Fsp3) is 0.556. The summed E-state index contributed by atoms with van der Waals surface area (Å²) in [6.07, 6.45) is -0.592. The quantitative estimate of drug-likeness (QED) is 0.737. The molecule has 1 aromatic rings. The van der Waals surface area contributed by atoms with Gasteiger partial charge in [-0.2, -0.15) is 4.31 Å². The number of rotatable bonds is 5. The predicted octanol–water partition coefficient (Wildman–Crippen LogP) is -0.322. The molecular formula is C18H26N3O5S+. The number of nitrogens with zero attached hydrogens (tertiary/aromatic N) is 2. The summed E-state index contributed by atoms with van der Waals surface area (Å²) >= 11 is 0. The maximum atomic E-state index is 12.8. The molecule has 0 unspecified atom stereocenters. The molecule has 1 N–H and O–H groups in total. The third-order valence-electron chi connectivity index (χ3n) is 5.08. The number of amides is 2. The summed E-state index contributed by atoms with van der Waals surface area (Å²) in [6, 6.07) is 7.03. The first-order valence-corrected chi connectivity index (χ1v) is 10.6. The van der Waals surface area contributed by atoms with E-state index in [0.29, 0.717) is 37.0 Å². The zero-order valence-corrected chi connectivity index (χ0v) is 16.5. The Morgan fingerprint density at radius 3 is 2.30 bits per heavy atom. The predicted molar refractivity (Wildman–Crippen MR) is 97.9 cm³/mol. The summed E-state index contributed by atoms with van der Waals surface area (Å²) in [5.74, 6) is 0.0763. The minimum absolute atomic E-state index is 0.173. The van der Waals surface area contributed by atoms with Gasteiger partial charge in [0.15, 0.2) is 6.54 Å². The van der Waals surface area contributed by atoms with E-state index in [1.807, 2.05) is 12.1 Å². The highest BCUT2D eigenvalue weighted by molar-refractivity contribution is 7.89. The lowest BCUT2D eigenvalue weighted by molar-refractivity contribution is -0.895. The van der Waals surface area contributed by atoms with E-state index in [9.17, 15) is 18.0 Å². The SMILES string of the molecule is CC(C)c1ccc(S(=O)(=O)N2CC[NH+](CC(=O)N3CCOC3=O)CC2)cc1. The number of carbonyl (C=O) groups excluding carboxylic acids is 2. The fourth-order valence-electron chi connectivity index (χ4n) is 3.32. The number of imide groups is 1. The molecular weight excluding hydrogens is 370 g/mol. The number of cyclic esters (lactones) is 1. The molecule has 8 nitrogen and oxygen atoms in total. The smallest absolute Gasteiger partial charge is 0.416 e. The van der Waals surface area contributed by atoms with Crippen molar-refractivity contribution in [2.24, 2.45) is 0 Å². The lowest BCUT2D eigenvalue weighted by Crippen LogP contribution is -3.15. The summed E-state index contributed by atoms with van der Waals surface area (Å²) in [5.41, 5.74) is 1.10. The van der Waals surface area contributed by atoms with Crippen molar-refractivity contribution in [3.8, 4) is 0 Å². The Bertz CT molecular complexity index is 799. The first kappa shape index (κ1) is 19.8. The Labute approximate surface area is 159 Å². The highest BCUT2D eigenvalue weighted by atomic mass is 32.2. The normalized spacial score (nSPS) is 19.5. The average Bonchev–Trinajstić information content (AvgIpc) is 3.08. The van der Waals surface area contributed by atoms with E-state index in [2.05, 4.69) is 13.8 Å². The molecule has 3 rings (SSSR count). The monoisotopic (exact) mass is 396 g/mol. The van der Waals surface area contributed by atoms with E-state index in [1.165, 1.54) is 4.31 Å². The first-order valence-electron chi connectivity index (χ1n) is 9.20. The lowest BCUT2D eigenvalue weighted by Gasteiger charge is -2.31. The van der Waals surface area contributed by atoms with Crippen molar-refractivity contribution >= 4 is 22.0 Å². The molecule has 2 aliphatic rings. The van der Waals surface area contributed by atoms with Gasteiger partial charge in [0, 0.05) is 0 Å². The van der Waals surface area contributed by atoms with E-state index in [4.69, 9.17) is 4.74 Å². The van der Waals surface area contributed by atoms with Gasteiger partial charge in [0.1, 0.15) is 6.61 Å². The maximum Gasteiger partial charge on any atom is 0.416 e. The van der Waals surface area contributed by atoms with E-state index < -0.39 is 16.1 Å². The van der Waals surface area contributed by atoms with Crippen LogP contribution in [0.25, 0.3) is 0 Å². The van der Waals surface area contributed by atoms with E-state index >= 15 is 0 Å². The first-order chi connectivity index (χ1) is 12.8. The molecule has 2 saturated heterocycles. The summed E-state index contributed by atoms with van der Waals surface area (Å²) in [5, 5.41) is 0. The minimum atomic E-state index is -3.53. The van der Waals surface area contributed by atoms with Gasteiger partial charge in [-0.1, -0.05) is 26.0 Å². The van der Waals surface area contributed by atoms with Gasteiger partial charge in [0.25, 0.3) is 5.91 Å². The Kier molecular flexibility index (Phi) is 5.83. The van der Waals surface area contributed by atoms with Crippen molar-refractivity contribution in [1.29, 1.82) is 0 Å². The second-order valence-electron chi connectivity index (χ2n) is 7.21. The van der Waals surface area contributed by atoms with Crippen LogP contribution < -0.4 is 4.90 Å². The minimum Gasteiger partial charge on any atom is -0.447 e. The van der Waals surface area contributed by atoms with Crippen LogP contribution in [0.2, 0.25) is 0 Å². The molecule has 9 heteroatoms. The average molecular weight is 396 g/mol. The number of carbonyl (C=O) groups is 2. The molecule has 0 atom stereocenters. The Balaban J connectivity index is 1.57. The topological polar surface area (TPSA) is 88.4 Å². The van der Waals surface area contributed by atoms with Crippen molar-refractivity contribution in [3.63, 3.8) is 0 Å². The fourth-order valence-corrected chi connectivity index (χ4v) is 4.76. The number of quaternary nitrogens is 1. The van der Waals surface area contributed by atoms with E-state index in [0.717, 1.165) is 15.4 Å². The molecule has 27 heavy (non-hydrogen) atoms. The molecule has 0 aliphatic carbocycles. The van der Waals surface area contributed by atoms with Gasteiger partial charge in [-0.25, -0.2) is 18.1 Å². The Morgan fingerprint density at radius 1 is 1.15 bits per heavy atom. The molecule has 2 heterocycles. The number of hydrogen-bond donors (Lipinski definition) is 1. The van der Waals surface area contributed by atoms with E-state index in [-0.39, 0.29) is 25.6 Å². The van der Waals surface area contributed by atoms with E-state index in [1.54, 1.807) is 12.1 Å². The second kappa shape index (κ2) is 7.95. The Hall–Kier alpha value is -1.97. The van der Waals surface area contributed by atoms with Crippen LogP contribution in [0.15, 0.2) is 29.2 Å². The van der Waals surface area contributed by atoms with Crippen LogP contribution in [-0.2, 0) is 19.6 Å². The van der Waals surface area contributed by atoms with Crippen molar-refractivity contribution in [2.45, 2.75) is 24.7 Å². The van der Waals surface area contributed by atoms with Crippen molar-refractivity contribution in [3.05, 3.63) is 29.8 Å². The van der Waals surface area contributed by atoms with Crippen molar-refractivity contribution in [1.82, 2.24) is 9.21 Å². The van der Waals surface area contributed by atoms with Crippen molar-refractivity contribution < 1.29 is 27.6 Å². The molecule has 0 radical (unpaired) electrons. The van der Waals surface area contributed by atoms with Gasteiger partial charge in [-0.3, -0.25) is 4.79 Å². The standard InChI is InChI=1S/C18H25N3O5S/c1-14(2)15-3-5-16(6-4-15)27(24,25)20-9-7-19(8-10-20)13-17(22)21-11-12-26-18(21)23/h3-6,14H,7-13H2,1-2H3/p+1. The van der Waals surface area contributed by atoms with Gasteiger partial charge in [-0.15, -0.1) is 0 Å². The van der Waals surface area contributed by atoms with Crippen molar-refractivity contribution in [2.75, 3.05) is 45.9 Å². The molecule has 0 bridgehead atoms. The number of ether oxygens (including phenoxy) is 1. The highest BCUT2D eigenvalue weighted by Crippen LogP contribution is 2.20. The summed E-state index contributed by atoms with van der Waals surface area (Å²) < 4.78 is 31.9. The van der Waals surface area contributed by atoms with Crippen LogP contribution in [0.4, 0.5) is 4.79 Å². The zero-order valence-electron chi connectivity index (χ0n) is 15.7. The molecule has 148 valence electrons. The number of nitrogens with one attached hydrogen (secondary N) is 1. The number of benzene rings is 1. The second-order valence-corrected chi connectivity index (χ2v) is 9.15. The van der Waals surface area contributed by atoms with Gasteiger partial charge in [0.05, 0.1) is 37.6 Å². The molecule has 2 fully saturated rings. The molecule has 2 aliphatic heterocycles. The van der Waals surface area contributed by atoms with Gasteiger partial charge < -0.3 is 9.64 Å². The molecule has 0 spiro atoms. The highest BCUT2D eigenvalue weighted by Gasteiger charge is 2.34. The third kappa shape index (κ3) is 4.31. The zero-order chi connectivity index (χ0) is 19.6. The van der Waals surface area contributed by atoms with Crippen LogP contribution in [0, 0.1) is 0 Å². The molecule has 2 amide bonds. The van der Waals surface area contributed by atoms with Crippen LogP contribution >= 0.6 is 0 Å². The maximum absolute atomic E-state index is 12.8. The number of piperazine rings is 1. The summed E-state index contributed by atoms with van der Waals surface area (Å²) in [6.45, 7) is 6.58. The van der Waals surface area contributed by atoms with Crippen LogP contribution in [0.5, 0.6) is 0 Å². The van der Waals surface area contributed by atoms with Gasteiger partial charge >= 0.3 is 6.09 Å². The summed E-state index contributed by atoms with van der Waals surface area (Å²) in [7, 11) is -3.53. The van der Waals surface area contributed by atoms with Crippen LogP contribution in [0.3, 0.4) is 0 Å². The molecule has 1 aromatic carbocycles. The van der Waals surface area contributed by atoms with Crippen LogP contribution in [-0.4, -0.2) is 75.5 Å². The third-order valence-corrected chi connectivity index (χ3v) is 6.99. The lowest BCUT2D eigenvalue weighted by atomic mass is 10.0. The Morgan fingerprint density at radius 2 is 1.78 bits per heavy atom. The van der Waals surface area contributed by atoms with Gasteiger partial charge in [0.2, 0.25) is 10.0 Å². The number of hydrogen-bond acceptors (Lipinski definition) is 5. The van der Waals surface area contributed by atoms with Gasteiger partial charge in [-0.05, 0) is 23.6 Å². The summed E-state index contributed by atoms with van der Waals surface area (Å²) in [4.78, 5) is 26.0.